The molecule has 2 aromatic rings. The van der Waals surface area contributed by atoms with Gasteiger partial charge in [0, 0.05) is 0 Å². The lowest BCUT2D eigenvalue weighted by Crippen LogP contribution is -2.32. The quantitative estimate of drug-likeness (QED) is 0.914. The summed E-state index contributed by atoms with van der Waals surface area (Å²) in [6.07, 6.45) is 0.487. The summed E-state index contributed by atoms with van der Waals surface area (Å²) in [6, 6.07) is 14.6. The number of hydrogen-bond donors (Lipinski definition) is 1. The average Bonchev–Trinajstić information content (AvgIpc) is 2.51. The van der Waals surface area contributed by atoms with Crippen molar-refractivity contribution in [2.45, 2.75) is 26.4 Å². The van der Waals surface area contributed by atoms with Crippen molar-refractivity contribution in [3.63, 3.8) is 0 Å². The van der Waals surface area contributed by atoms with Gasteiger partial charge < -0.3 is 9.84 Å². The molecule has 0 fully saturated rings. The van der Waals surface area contributed by atoms with Gasteiger partial charge in [-0.05, 0) is 36.1 Å². The van der Waals surface area contributed by atoms with Crippen molar-refractivity contribution < 1.29 is 14.6 Å². The number of carbonyl (C=O) groups is 1. The molecule has 1 heterocycles. The molecule has 0 saturated heterocycles. The van der Waals surface area contributed by atoms with E-state index in [1.165, 1.54) is 6.07 Å². The molecule has 0 radical (unpaired) electrons. The van der Waals surface area contributed by atoms with E-state index in [0.29, 0.717) is 17.2 Å². The van der Waals surface area contributed by atoms with Crippen LogP contribution in [-0.2, 0) is 0 Å². The Morgan fingerprint density at radius 3 is 2.55 bits per heavy atom. The van der Waals surface area contributed by atoms with Crippen molar-refractivity contribution in [2.75, 3.05) is 0 Å². The maximum atomic E-state index is 12.9. The molecule has 0 bridgehead atoms. The van der Waals surface area contributed by atoms with Gasteiger partial charge in [0.1, 0.15) is 17.6 Å². The first-order chi connectivity index (χ1) is 10.6. The highest BCUT2D eigenvalue weighted by Crippen LogP contribution is 2.42. The Hall–Kier alpha value is -2.29. The maximum Gasteiger partial charge on any atom is 0.173 e. The Balaban J connectivity index is 2.05. The first kappa shape index (κ1) is 14.6. The van der Waals surface area contributed by atoms with E-state index in [1.54, 1.807) is 12.1 Å². The van der Waals surface area contributed by atoms with E-state index < -0.39 is 0 Å². The highest BCUT2D eigenvalue weighted by atomic mass is 16.5. The van der Waals surface area contributed by atoms with Gasteiger partial charge in [0.15, 0.2) is 5.78 Å². The molecule has 1 aliphatic rings. The minimum absolute atomic E-state index is 0.0553. The second kappa shape index (κ2) is 5.84. The van der Waals surface area contributed by atoms with E-state index in [-0.39, 0.29) is 23.6 Å². The van der Waals surface area contributed by atoms with Gasteiger partial charge in [-0.15, -0.1) is 0 Å². The van der Waals surface area contributed by atoms with Crippen molar-refractivity contribution in [3.8, 4) is 11.5 Å². The summed E-state index contributed by atoms with van der Waals surface area (Å²) in [5.41, 5.74) is 1.50. The van der Waals surface area contributed by atoms with E-state index in [1.807, 2.05) is 30.3 Å². The van der Waals surface area contributed by atoms with E-state index in [2.05, 4.69) is 13.8 Å². The molecule has 0 amide bonds. The van der Waals surface area contributed by atoms with Crippen molar-refractivity contribution in [3.05, 3.63) is 59.7 Å². The van der Waals surface area contributed by atoms with Crippen LogP contribution in [-0.4, -0.2) is 10.9 Å². The SMILES string of the molecule is CC(C)CC1C(=O)c2cc(O)ccc2OC1c1ccccc1. The number of ketones is 1. The number of phenolic OH excluding ortho intramolecular Hbond substituents is 1. The summed E-state index contributed by atoms with van der Waals surface area (Å²) in [5.74, 6) is 0.868. The number of ether oxygens (including phenoxy) is 1. The van der Waals surface area contributed by atoms with Gasteiger partial charge in [-0.2, -0.15) is 0 Å². The molecule has 1 N–H and O–H groups in total. The number of hydrogen-bond acceptors (Lipinski definition) is 3. The van der Waals surface area contributed by atoms with Crippen molar-refractivity contribution in [1.82, 2.24) is 0 Å². The van der Waals surface area contributed by atoms with E-state index in [9.17, 15) is 9.90 Å². The Bertz CT molecular complexity index is 676. The summed E-state index contributed by atoms with van der Waals surface area (Å²) in [4.78, 5) is 12.9. The Kier molecular flexibility index (Phi) is 3.88. The zero-order chi connectivity index (χ0) is 15.7. The topological polar surface area (TPSA) is 46.5 Å². The molecule has 22 heavy (non-hydrogen) atoms. The first-order valence-electron chi connectivity index (χ1n) is 7.65. The molecule has 2 atom stereocenters. The fourth-order valence-electron chi connectivity index (χ4n) is 3.05. The molecule has 3 nitrogen and oxygen atoms in total. The monoisotopic (exact) mass is 296 g/mol. The van der Waals surface area contributed by atoms with Gasteiger partial charge in [-0.1, -0.05) is 44.2 Å². The van der Waals surface area contributed by atoms with E-state index in [0.717, 1.165) is 12.0 Å². The van der Waals surface area contributed by atoms with Crippen LogP contribution in [0.1, 0.15) is 42.3 Å². The summed E-state index contributed by atoms with van der Waals surface area (Å²) in [6.45, 7) is 4.21. The van der Waals surface area contributed by atoms with Crippen LogP contribution < -0.4 is 4.74 Å². The molecule has 2 unspecified atom stereocenters. The number of benzene rings is 2. The molecule has 3 heteroatoms. The van der Waals surface area contributed by atoms with Crippen LogP contribution in [0.25, 0.3) is 0 Å². The van der Waals surface area contributed by atoms with Crippen molar-refractivity contribution >= 4 is 5.78 Å². The smallest absolute Gasteiger partial charge is 0.173 e. The van der Waals surface area contributed by atoms with Gasteiger partial charge in [-0.3, -0.25) is 4.79 Å². The van der Waals surface area contributed by atoms with Crippen molar-refractivity contribution in [1.29, 1.82) is 0 Å². The predicted octanol–water partition coefficient (Wildman–Crippen LogP) is 4.37. The largest absolute Gasteiger partial charge is 0.508 e. The normalized spacial score (nSPS) is 20.6. The second-order valence-corrected chi connectivity index (χ2v) is 6.23. The number of aromatic hydroxyl groups is 1. The van der Waals surface area contributed by atoms with E-state index in [4.69, 9.17) is 4.74 Å². The van der Waals surface area contributed by atoms with Crippen molar-refractivity contribution in [2.24, 2.45) is 11.8 Å². The standard InChI is InChI=1S/C19H20O3/c1-12(2)10-16-18(21)15-11-14(20)8-9-17(15)22-19(16)13-6-4-3-5-7-13/h3-9,11-12,16,19-20H,10H2,1-2H3. The molecule has 0 aromatic heterocycles. The van der Waals surface area contributed by atoms with Crippen LogP contribution >= 0.6 is 0 Å². The fourth-order valence-corrected chi connectivity index (χ4v) is 3.05. The third-order valence-corrected chi connectivity index (χ3v) is 4.04. The highest BCUT2D eigenvalue weighted by molar-refractivity contribution is 6.02. The Morgan fingerprint density at radius 2 is 1.86 bits per heavy atom. The molecule has 114 valence electrons. The molecule has 2 aromatic carbocycles. The number of rotatable bonds is 3. The molecular weight excluding hydrogens is 276 g/mol. The zero-order valence-electron chi connectivity index (χ0n) is 12.8. The van der Waals surface area contributed by atoms with Gasteiger partial charge in [0.05, 0.1) is 11.5 Å². The van der Waals surface area contributed by atoms with Crippen LogP contribution in [0.3, 0.4) is 0 Å². The number of carbonyl (C=O) groups excluding carboxylic acids is 1. The molecule has 0 aliphatic carbocycles. The molecule has 3 rings (SSSR count). The zero-order valence-corrected chi connectivity index (χ0v) is 12.8. The van der Waals surface area contributed by atoms with Gasteiger partial charge in [0.25, 0.3) is 0 Å². The van der Waals surface area contributed by atoms with Crippen LogP contribution in [0.5, 0.6) is 11.5 Å². The second-order valence-electron chi connectivity index (χ2n) is 6.23. The molecule has 1 aliphatic heterocycles. The highest BCUT2D eigenvalue weighted by Gasteiger charge is 2.38. The number of phenols is 1. The minimum Gasteiger partial charge on any atom is -0.508 e. The molecular formula is C19H20O3. The lowest BCUT2D eigenvalue weighted by Gasteiger charge is -2.33. The molecule has 0 spiro atoms. The Labute approximate surface area is 130 Å². The fraction of sp³-hybridized carbons (Fsp3) is 0.316. The van der Waals surface area contributed by atoms with Crippen LogP contribution in [0.2, 0.25) is 0 Å². The minimum atomic E-state index is -0.270. The number of fused-ring (bicyclic) bond motifs is 1. The summed E-state index contributed by atoms with van der Waals surface area (Å²) < 4.78 is 6.12. The summed E-state index contributed by atoms with van der Waals surface area (Å²) in [5, 5.41) is 9.65. The summed E-state index contributed by atoms with van der Waals surface area (Å²) in [7, 11) is 0. The van der Waals surface area contributed by atoms with Crippen LogP contribution in [0.15, 0.2) is 48.5 Å². The van der Waals surface area contributed by atoms with Gasteiger partial charge in [-0.25, -0.2) is 0 Å². The predicted molar refractivity (Wildman–Crippen MR) is 85.2 cm³/mol. The number of Topliss-reactive ketones (excluding diaryl/α,β-unsaturated/α-hetero) is 1. The van der Waals surface area contributed by atoms with Gasteiger partial charge in [0.2, 0.25) is 0 Å². The van der Waals surface area contributed by atoms with Crippen LogP contribution in [0, 0.1) is 11.8 Å². The van der Waals surface area contributed by atoms with Gasteiger partial charge >= 0.3 is 0 Å². The lowest BCUT2D eigenvalue weighted by molar-refractivity contribution is 0.0608. The Morgan fingerprint density at radius 1 is 1.14 bits per heavy atom. The molecule has 0 saturated carbocycles. The van der Waals surface area contributed by atoms with E-state index >= 15 is 0 Å². The lowest BCUT2D eigenvalue weighted by atomic mass is 9.81. The third-order valence-electron chi connectivity index (χ3n) is 4.04. The first-order valence-corrected chi connectivity index (χ1v) is 7.65. The maximum absolute atomic E-state index is 12.9. The third kappa shape index (κ3) is 2.71. The average molecular weight is 296 g/mol. The van der Waals surface area contributed by atoms with Crippen LogP contribution in [0.4, 0.5) is 0 Å². The summed E-state index contributed by atoms with van der Waals surface area (Å²) >= 11 is 0.